The first kappa shape index (κ1) is 10.0. The van der Waals surface area contributed by atoms with Crippen LogP contribution in [0.4, 0.5) is 0 Å². The third-order valence-electron chi connectivity index (χ3n) is 2.45. The van der Waals surface area contributed by atoms with Gasteiger partial charge in [0.05, 0.1) is 12.4 Å². The summed E-state index contributed by atoms with van der Waals surface area (Å²) < 4.78 is 7.65. The Bertz CT molecular complexity index is 305. The molecule has 1 aliphatic carbocycles. The van der Waals surface area contributed by atoms with Crippen molar-refractivity contribution in [2.45, 2.75) is 43.7 Å². The lowest BCUT2D eigenvalue weighted by molar-refractivity contribution is 0.128. The van der Waals surface area contributed by atoms with Crippen molar-refractivity contribution >= 4 is 15.9 Å². The highest BCUT2D eigenvalue weighted by Crippen LogP contribution is 2.30. The predicted molar refractivity (Wildman–Crippen MR) is 59.0 cm³/mol. The molecule has 0 aliphatic heterocycles. The molecule has 0 N–H and O–H groups in total. The van der Waals surface area contributed by atoms with E-state index in [0.717, 1.165) is 18.6 Å². The number of nitrogens with zero attached hydrogens (tertiary/aromatic N) is 2. The van der Waals surface area contributed by atoms with E-state index in [4.69, 9.17) is 4.74 Å². The van der Waals surface area contributed by atoms with E-state index < -0.39 is 0 Å². The molecule has 2 rings (SSSR count). The van der Waals surface area contributed by atoms with Gasteiger partial charge < -0.3 is 4.74 Å². The second-order valence-electron chi connectivity index (χ2n) is 4.06. The Kier molecular flexibility index (Phi) is 2.81. The third kappa shape index (κ3) is 2.11. The molecule has 1 aliphatic rings. The quantitative estimate of drug-likeness (QED) is 0.780. The van der Waals surface area contributed by atoms with Crippen LogP contribution in [0.3, 0.4) is 0 Å². The Hall–Kier alpha value is -0.510. The van der Waals surface area contributed by atoms with E-state index in [-0.39, 0.29) is 0 Å². The van der Waals surface area contributed by atoms with Crippen molar-refractivity contribution in [1.29, 1.82) is 0 Å². The van der Waals surface area contributed by atoms with Crippen molar-refractivity contribution < 1.29 is 4.74 Å². The maximum Gasteiger partial charge on any atom is 0.157 e. The number of rotatable bonds is 3. The van der Waals surface area contributed by atoms with Gasteiger partial charge in [-0.3, -0.25) is 4.68 Å². The second-order valence-corrected chi connectivity index (χ2v) is 5.35. The molecule has 0 spiro atoms. The average molecular weight is 259 g/mol. The number of hydrogen-bond donors (Lipinski definition) is 0. The highest BCUT2D eigenvalue weighted by molar-refractivity contribution is 9.09. The Labute approximate surface area is 92.6 Å². The minimum Gasteiger partial charge on any atom is -0.487 e. The van der Waals surface area contributed by atoms with Crippen LogP contribution in [0.15, 0.2) is 12.4 Å². The van der Waals surface area contributed by atoms with Crippen LogP contribution in [0.1, 0.15) is 32.7 Å². The second kappa shape index (κ2) is 3.93. The summed E-state index contributed by atoms with van der Waals surface area (Å²) in [5.74, 6) is 0.892. The maximum atomic E-state index is 5.74. The largest absolute Gasteiger partial charge is 0.487 e. The Morgan fingerprint density at radius 1 is 1.57 bits per heavy atom. The minimum atomic E-state index is 0.379. The number of ether oxygens (including phenoxy) is 1. The van der Waals surface area contributed by atoms with E-state index in [1.54, 1.807) is 6.20 Å². The van der Waals surface area contributed by atoms with Gasteiger partial charge in [0.15, 0.2) is 5.75 Å². The van der Waals surface area contributed by atoms with Gasteiger partial charge in [-0.25, -0.2) is 0 Å². The zero-order valence-electron chi connectivity index (χ0n) is 8.48. The molecule has 0 saturated heterocycles. The van der Waals surface area contributed by atoms with Crippen LogP contribution in [-0.2, 0) is 0 Å². The lowest BCUT2D eigenvalue weighted by atomic mass is 9.96. The highest BCUT2D eigenvalue weighted by Gasteiger charge is 2.28. The summed E-state index contributed by atoms with van der Waals surface area (Å²) in [7, 11) is 0. The third-order valence-corrected chi connectivity index (χ3v) is 3.19. The molecule has 0 amide bonds. The summed E-state index contributed by atoms with van der Waals surface area (Å²) in [4.78, 5) is 0.646. The van der Waals surface area contributed by atoms with Gasteiger partial charge in [0.25, 0.3) is 0 Å². The first-order valence-electron chi connectivity index (χ1n) is 5.00. The molecule has 0 unspecified atom stereocenters. The molecule has 0 radical (unpaired) electrons. The number of alkyl halides is 1. The summed E-state index contributed by atoms with van der Waals surface area (Å²) in [6.07, 6.45) is 6.34. The predicted octanol–water partition coefficient (Wildman–Crippen LogP) is 2.77. The van der Waals surface area contributed by atoms with E-state index in [2.05, 4.69) is 34.9 Å². The molecular formula is C10H15BrN2O. The van der Waals surface area contributed by atoms with Crippen LogP contribution in [-0.4, -0.2) is 20.7 Å². The molecule has 78 valence electrons. The lowest BCUT2D eigenvalue weighted by Crippen LogP contribution is -2.33. The maximum absolute atomic E-state index is 5.74. The molecule has 1 saturated carbocycles. The van der Waals surface area contributed by atoms with Gasteiger partial charge in [-0.2, -0.15) is 5.10 Å². The van der Waals surface area contributed by atoms with Crippen LogP contribution >= 0.6 is 15.9 Å². The van der Waals surface area contributed by atoms with E-state index in [1.165, 1.54) is 0 Å². The SMILES string of the molecule is CC(C)n1cc(OC2CC(Br)C2)cn1. The van der Waals surface area contributed by atoms with E-state index >= 15 is 0 Å². The van der Waals surface area contributed by atoms with Crippen LogP contribution < -0.4 is 4.74 Å². The van der Waals surface area contributed by atoms with Crippen molar-refractivity contribution in [3.05, 3.63) is 12.4 Å². The fourth-order valence-corrected chi connectivity index (χ4v) is 2.29. The van der Waals surface area contributed by atoms with Crippen molar-refractivity contribution in [3.8, 4) is 5.75 Å². The molecular weight excluding hydrogens is 244 g/mol. The van der Waals surface area contributed by atoms with Gasteiger partial charge >= 0.3 is 0 Å². The molecule has 0 aromatic carbocycles. The van der Waals surface area contributed by atoms with Gasteiger partial charge in [-0.1, -0.05) is 15.9 Å². The van der Waals surface area contributed by atoms with Crippen LogP contribution in [0.25, 0.3) is 0 Å². The monoisotopic (exact) mass is 258 g/mol. The van der Waals surface area contributed by atoms with Crippen LogP contribution in [0.5, 0.6) is 5.75 Å². The minimum absolute atomic E-state index is 0.379. The average Bonchev–Trinajstić information content (AvgIpc) is 2.50. The van der Waals surface area contributed by atoms with Gasteiger partial charge in [-0.15, -0.1) is 0 Å². The Balaban J connectivity index is 1.90. The molecule has 4 heteroatoms. The normalized spacial score (nSPS) is 26.3. The van der Waals surface area contributed by atoms with Gasteiger partial charge in [0, 0.05) is 10.9 Å². The standard InChI is InChI=1S/C10H15BrN2O/c1-7(2)13-6-10(5-12-13)14-9-3-8(11)4-9/h5-9H,3-4H2,1-2H3. The number of aromatic nitrogens is 2. The van der Waals surface area contributed by atoms with Gasteiger partial charge in [-0.05, 0) is 26.7 Å². The fraction of sp³-hybridized carbons (Fsp3) is 0.700. The molecule has 14 heavy (non-hydrogen) atoms. The van der Waals surface area contributed by atoms with Crippen LogP contribution in [0.2, 0.25) is 0 Å². The number of hydrogen-bond acceptors (Lipinski definition) is 2. The van der Waals surface area contributed by atoms with E-state index in [1.807, 2.05) is 10.9 Å². The molecule has 1 fully saturated rings. The van der Waals surface area contributed by atoms with Crippen LogP contribution in [0, 0.1) is 0 Å². The smallest absolute Gasteiger partial charge is 0.157 e. The zero-order chi connectivity index (χ0) is 10.1. The van der Waals surface area contributed by atoms with Crippen molar-refractivity contribution in [2.75, 3.05) is 0 Å². The summed E-state index contributed by atoms with van der Waals surface area (Å²) in [5, 5.41) is 4.23. The van der Waals surface area contributed by atoms with E-state index in [0.29, 0.717) is 17.0 Å². The summed E-state index contributed by atoms with van der Waals surface area (Å²) in [6, 6.07) is 0.401. The van der Waals surface area contributed by atoms with Gasteiger partial charge in [0.1, 0.15) is 6.10 Å². The molecule has 0 bridgehead atoms. The lowest BCUT2D eigenvalue weighted by Gasteiger charge is -2.30. The summed E-state index contributed by atoms with van der Waals surface area (Å²) in [6.45, 7) is 4.21. The first-order valence-corrected chi connectivity index (χ1v) is 5.91. The first-order chi connectivity index (χ1) is 6.65. The molecule has 0 atom stereocenters. The zero-order valence-corrected chi connectivity index (χ0v) is 10.1. The Morgan fingerprint density at radius 3 is 2.79 bits per heavy atom. The summed E-state index contributed by atoms with van der Waals surface area (Å²) in [5.41, 5.74) is 0. The van der Waals surface area contributed by atoms with E-state index in [9.17, 15) is 0 Å². The molecule has 1 heterocycles. The van der Waals surface area contributed by atoms with Gasteiger partial charge in [0.2, 0.25) is 0 Å². The fourth-order valence-electron chi connectivity index (χ4n) is 1.45. The Morgan fingerprint density at radius 2 is 2.29 bits per heavy atom. The molecule has 1 aromatic heterocycles. The number of halogens is 1. The van der Waals surface area contributed by atoms with Crippen molar-refractivity contribution in [2.24, 2.45) is 0 Å². The molecule has 3 nitrogen and oxygen atoms in total. The highest BCUT2D eigenvalue weighted by atomic mass is 79.9. The topological polar surface area (TPSA) is 27.1 Å². The summed E-state index contributed by atoms with van der Waals surface area (Å²) >= 11 is 3.54. The molecule has 1 aromatic rings. The van der Waals surface area contributed by atoms with Crippen molar-refractivity contribution in [1.82, 2.24) is 9.78 Å². The van der Waals surface area contributed by atoms with Crippen molar-refractivity contribution in [3.63, 3.8) is 0 Å².